The van der Waals surface area contributed by atoms with Crippen LogP contribution in [0.15, 0.2) is 30.3 Å². The second-order valence-electron chi connectivity index (χ2n) is 7.64. The highest BCUT2D eigenvalue weighted by atomic mass is 16.5. The fourth-order valence-electron chi connectivity index (χ4n) is 3.94. The zero-order chi connectivity index (χ0) is 20.2. The van der Waals surface area contributed by atoms with E-state index in [-0.39, 0.29) is 23.5 Å². The van der Waals surface area contributed by atoms with Crippen LogP contribution >= 0.6 is 0 Å². The van der Waals surface area contributed by atoms with E-state index in [0.717, 1.165) is 30.6 Å². The number of nitrogens with zero attached hydrogens (tertiary/aromatic N) is 3. The van der Waals surface area contributed by atoms with Gasteiger partial charge in [0, 0.05) is 37.8 Å². The van der Waals surface area contributed by atoms with Crippen molar-refractivity contribution in [2.24, 2.45) is 0 Å². The third kappa shape index (κ3) is 4.59. The summed E-state index contributed by atoms with van der Waals surface area (Å²) in [6.07, 6.45) is 2.19. The summed E-state index contributed by atoms with van der Waals surface area (Å²) in [4.78, 5) is 29.0. The van der Waals surface area contributed by atoms with Gasteiger partial charge in [-0.2, -0.15) is 5.10 Å². The summed E-state index contributed by atoms with van der Waals surface area (Å²) in [7, 11) is 0. The molecule has 0 unspecified atom stereocenters. The van der Waals surface area contributed by atoms with Crippen molar-refractivity contribution < 1.29 is 19.4 Å². The van der Waals surface area contributed by atoms with E-state index in [1.807, 2.05) is 11.0 Å². The molecule has 2 N–H and O–H groups in total. The van der Waals surface area contributed by atoms with Crippen LogP contribution in [0.4, 0.5) is 0 Å². The van der Waals surface area contributed by atoms with Crippen molar-refractivity contribution in [2.75, 3.05) is 39.4 Å². The van der Waals surface area contributed by atoms with E-state index in [1.54, 1.807) is 29.2 Å². The summed E-state index contributed by atoms with van der Waals surface area (Å²) in [6, 6.07) is 8.56. The summed E-state index contributed by atoms with van der Waals surface area (Å²) in [5, 5.41) is 16.6. The minimum absolute atomic E-state index is 0.0736. The molecular weight excluding hydrogens is 372 g/mol. The van der Waals surface area contributed by atoms with E-state index in [9.17, 15) is 14.7 Å². The van der Waals surface area contributed by atoms with Crippen LogP contribution in [0.25, 0.3) is 0 Å². The molecule has 3 heterocycles. The number of piperidine rings is 1. The number of rotatable bonds is 4. The van der Waals surface area contributed by atoms with Gasteiger partial charge in [0.25, 0.3) is 5.91 Å². The van der Waals surface area contributed by atoms with Gasteiger partial charge in [-0.05, 0) is 36.6 Å². The summed E-state index contributed by atoms with van der Waals surface area (Å²) >= 11 is 0. The zero-order valence-electron chi connectivity index (χ0n) is 16.3. The lowest BCUT2D eigenvalue weighted by Gasteiger charge is -2.32. The molecule has 0 saturated carbocycles. The average Bonchev–Trinajstić information content (AvgIpc) is 3.26. The zero-order valence-corrected chi connectivity index (χ0v) is 16.3. The molecule has 0 aliphatic carbocycles. The number of nitrogens with one attached hydrogen (secondary N) is 1. The number of carbonyl (C=O) groups is 2. The molecule has 0 radical (unpaired) electrons. The number of hydrogen-bond acceptors (Lipinski definition) is 5. The van der Waals surface area contributed by atoms with E-state index in [0.29, 0.717) is 45.0 Å². The number of phenolic OH excluding ortho intramolecular Hbond substituents is 1. The minimum atomic E-state index is -0.0770. The predicted octanol–water partition coefficient (Wildman–Crippen LogP) is 1.54. The second-order valence-corrected chi connectivity index (χ2v) is 7.64. The van der Waals surface area contributed by atoms with Crippen LogP contribution in [0, 0.1) is 0 Å². The molecule has 2 fully saturated rings. The van der Waals surface area contributed by atoms with Gasteiger partial charge in [-0.25, -0.2) is 0 Å². The number of aromatic hydroxyl groups is 1. The molecule has 2 aromatic rings. The van der Waals surface area contributed by atoms with Crippen LogP contribution in [-0.2, 0) is 16.0 Å². The Morgan fingerprint density at radius 3 is 2.66 bits per heavy atom. The Balaban J connectivity index is 1.38. The molecule has 1 aromatic heterocycles. The molecule has 2 amide bonds. The van der Waals surface area contributed by atoms with Gasteiger partial charge in [0.15, 0.2) is 0 Å². The van der Waals surface area contributed by atoms with Crippen LogP contribution in [0.1, 0.15) is 40.5 Å². The number of benzene rings is 1. The standard InChI is InChI=1S/C21H26N4O4/c26-17-5-3-15(4-6-17)12-20(27)25-7-1-2-16(14-25)18-13-19(23-22-18)21(28)24-8-10-29-11-9-24/h3-6,13,16,26H,1-2,7-12,14H2,(H,22,23)/t16-/m0/s1. The molecule has 2 saturated heterocycles. The first-order valence-electron chi connectivity index (χ1n) is 10.1. The van der Waals surface area contributed by atoms with Crippen molar-refractivity contribution in [1.82, 2.24) is 20.0 Å². The van der Waals surface area contributed by atoms with Crippen molar-refractivity contribution in [2.45, 2.75) is 25.2 Å². The molecule has 0 spiro atoms. The number of aromatic nitrogens is 2. The Hall–Kier alpha value is -2.87. The van der Waals surface area contributed by atoms with Crippen LogP contribution in [0.2, 0.25) is 0 Å². The molecule has 1 aromatic carbocycles. The molecule has 29 heavy (non-hydrogen) atoms. The SMILES string of the molecule is O=C(Cc1ccc(O)cc1)N1CCC[C@H](c2cc(C(=O)N3CCOCC3)n[nH]2)C1. The second kappa shape index (κ2) is 8.65. The first-order valence-corrected chi connectivity index (χ1v) is 10.1. The van der Waals surface area contributed by atoms with E-state index < -0.39 is 0 Å². The fourth-order valence-corrected chi connectivity index (χ4v) is 3.94. The Kier molecular flexibility index (Phi) is 5.80. The van der Waals surface area contributed by atoms with Crippen molar-refractivity contribution in [3.8, 4) is 5.75 Å². The van der Waals surface area contributed by atoms with Gasteiger partial charge < -0.3 is 19.6 Å². The number of morpholine rings is 1. The number of amides is 2. The number of ether oxygens (including phenoxy) is 1. The highest BCUT2D eigenvalue weighted by Crippen LogP contribution is 2.27. The van der Waals surface area contributed by atoms with Gasteiger partial charge in [0.2, 0.25) is 5.91 Å². The maximum atomic E-state index is 12.7. The first-order chi connectivity index (χ1) is 14.1. The van der Waals surface area contributed by atoms with Gasteiger partial charge >= 0.3 is 0 Å². The van der Waals surface area contributed by atoms with Gasteiger partial charge in [0.05, 0.1) is 19.6 Å². The Morgan fingerprint density at radius 2 is 1.90 bits per heavy atom. The highest BCUT2D eigenvalue weighted by molar-refractivity contribution is 5.92. The van der Waals surface area contributed by atoms with Crippen molar-refractivity contribution in [3.63, 3.8) is 0 Å². The lowest BCUT2D eigenvalue weighted by atomic mass is 9.94. The Bertz CT molecular complexity index is 858. The predicted molar refractivity (Wildman–Crippen MR) is 106 cm³/mol. The fraction of sp³-hybridized carbons (Fsp3) is 0.476. The van der Waals surface area contributed by atoms with E-state index >= 15 is 0 Å². The largest absolute Gasteiger partial charge is 0.508 e. The van der Waals surface area contributed by atoms with Crippen LogP contribution < -0.4 is 0 Å². The number of phenols is 1. The monoisotopic (exact) mass is 398 g/mol. The van der Waals surface area contributed by atoms with Crippen molar-refractivity contribution in [1.29, 1.82) is 0 Å². The van der Waals surface area contributed by atoms with E-state index in [1.165, 1.54) is 0 Å². The normalized spacial score (nSPS) is 19.9. The van der Waals surface area contributed by atoms with Crippen LogP contribution in [-0.4, -0.2) is 76.3 Å². The lowest BCUT2D eigenvalue weighted by Crippen LogP contribution is -2.40. The molecule has 4 rings (SSSR count). The Morgan fingerprint density at radius 1 is 1.14 bits per heavy atom. The van der Waals surface area contributed by atoms with Crippen molar-refractivity contribution in [3.05, 3.63) is 47.3 Å². The van der Waals surface area contributed by atoms with Crippen LogP contribution in [0.5, 0.6) is 5.75 Å². The third-order valence-corrected chi connectivity index (χ3v) is 5.62. The Labute approximate surface area is 169 Å². The minimum Gasteiger partial charge on any atom is -0.508 e. The van der Waals surface area contributed by atoms with Crippen molar-refractivity contribution >= 4 is 11.8 Å². The first kappa shape index (κ1) is 19.4. The third-order valence-electron chi connectivity index (χ3n) is 5.62. The summed E-state index contributed by atoms with van der Waals surface area (Å²) in [6.45, 7) is 3.65. The van der Waals surface area contributed by atoms with Gasteiger partial charge in [-0.3, -0.25) is 14.7 Å². The van der Waals surface area contributed by atoms with Gasteiger partial charge in [-0.1, -0.05) is 12.1 Å². The van der Waals surface area contributed by atoms with E-state index in [2.05, 4.69) is 10.2 Å². The summed E-state index contributed by atoms with van der Waals surface area (Å²) in [5.74, 6) is 0.337. The number of H-pyrrole nitrogens is 1. The average molecular weight is 398 g/mol. The molecule has 8 heteroatoms. The molecule has 8 nitrogen and oxygen atoms in total. The molecular formula is C21H26N4O4. The number of aromatic amines is 1. The smallest absolute Gasteiger partial charge is 0.274 e. The molecule has 2 aliphatic heterocycles. The maximum absolute atomic E-state index is 12.7. The lowest BCUT2D eigenvalue weighted by molar-refractivity contribution is -0.131. The maximum Gasteiger partial charge on any atom is 0.274 e. The number of carbonyl (C=O) groups excluding carboxylic acids is 2. The summed E-state index contributed by atoms with van der Waals surface area (Å²) in [5.41, 5.74) is 2.22. The molecule has 2 aliphatic rings. The quantitative estimate of drug-likeness (QED) is 0.814. The number of hydrogen-bond donors (Lipinski definition) is 2. The van der Waals surface area contributed by atoms with Gasteiger partial charge in [-0.15, -0.1) is 0 Å². The summed E-state index contributed by atoms with van der Waals surface area (Å²) < 4.78 is 5.30. The highest BCUT2D eigenvalue weighted by Gasteiger charge is 2.28. The van der Waals surface area contributed by atoms with Crippen LogP contribution in [0.3, 0.4) is 0 Å². The molecule has 0 bridgehead atoms. The van der Waals surface area contributed by atoms with E-state index in [4.69, 9.17) is 4.74 Å². The number of likely N-dealkylation sites (tertiary alicyclic amines) is 1. The molecule has 154 valence electrons. The van der Waals surface area contributed by atoms with Gasteiger partial charge in [0.1, 0.15) is 11.4 Å². The topological polar surface area (TPSA) is 98.8 Å². The molecule has 1 atom stereocenters.